The number of rotatable bonds is 5. The fraction of sp³-hybridized carbons (Fsp3) is 0.526. The van der Waals surface area contributed by atoms with Crippen molar-refractivity contribution < 1.29 is 38.6 Å². The predicted molar refractivity (Wildman–Crippen MR) is 197 cm³/mol. The highest BCUT2D eigenvalue weighted by Gasteiger charge is 2.45. The second-order valence-electron chi connectivity index (χ2n) is 15.0. The Kier molecular flexibility index (Phi) is 14.1. The van der Waals surface area contributed by atoms with Gasteiger partial charge in [-0.2, -0.15) is 0 Å². The lowest BCUT2D eigenvalue weighted by atomic mass is 9.85. The number of fused-ring (bicyclic) bond motifs is 1. The van der Waals surface area contributed by atoms with Gasteiger partial charge in [0.15, 0.2) is 0 Å². The summed E-state index contributed by atoms with van der Waals surface area (Å²) in [6.45, 7) is 7.85. The lowest BCUT2D eigenvalue weighted by Crippen LogP contribution is -2.61. The molecule has 53 heavy (non-hydrogen) atoms. The molecule has 2 aromatic carbocycles. The van der Waals surface area contributed by atoms with Crippen LogP contribution in [0.3, 0.4) is 0 Å². The van der Waals surface area contributed by atoms with E-state index in [4.69, 9.17) is 10.5 Å². The van der Waals surface area contributed by atoms with Gasteiger partial charge in [-0.05, 0) is 28.0 Å². The predicted octanol–water partition coefficient (Wildman–Crippen LogP) is -0.396. The average Bonchev–Trinajstić information content (AvgIpc) is 3.52. The minimum Gasteiger partial charge on any atom is -0.391 e. The SMILES string of the molecule is CC(C)[C@H]1NC(=O)[C@@H](Cc2ccc(-c3ccccc3)cc2)NC(=O)[C@@H]2C[C@@H](O)CN2C(=O)[C@H](C(C)(C)C)NC(=O)COCCNC(=O)[C@@H](CN)NC1=O. The Morgan fingerprint density at radius 1 is 0.830 bits per heavy atom. The molecule has 288 valence electrons. The summed E-state index contributed by atoms with van der Waals surface area (Å²) in [6.07, 6.45) is -1.10. The second-order valence-corrected chi connectivity index (χ2v) is 15.0. The Balaban J connectivity index is 1.69. The molecule has 2 fully saturated rings. The first-order valence-electron chi connectivity index (χ1n) is 18.0. The fourth-order valence-corrected chi connectivity index (χ4v) is 6.32. The van der Waals surface area contributed by atoms with E-state index in [0.717, 1.165) is 11.1 Å². The van der Waals surface area contributed by atoms with Crippen LogP contribution in [0.15, 0.2) is 54.6 Å². The van der Waals surface area contributed by atoms with Crippen LogP contribution >= 0.6 is 0 Å². The zero-order valence-electron chi connectivity index (χ0n) is 31.0. The van der Waals surface area contributed by atoms with Crippen molar-refractivity contribution >= 4 is 35.4 Å². The maximum Gasteiger partial charge on any atom is 0.246 e. The molecule has 0 saturated carbocycles. The molecule has 2 aromatic rings. The first-order chi connectivity index (χ1) is 25.1. The third-order valence-electron chi connectivity index (χ3n) is 9.31. The number of amides is 6. The van der Waals surface area contributed by atoms with Gasteiger partial charge in [0.05, 0.1) is 12.7 Å². The number of carbonyl (C=O) groups excluding carboxylic acids is 6. The zero-order valence-corrected chi connectivity index (χ0v) is 31.0. The van der Waals surface area contributed by atoms with Crippen LogP contribution in [0, 0.1) is 11.3 Å². The van der Waals surface area contributed by atoms with Gasteiger partial charge < -0.3 is 47.1 Å². The summed E-state index contributed by atoms with van der Waals surface area (Å²) in [5.74, 6) is -4.21. The highest BCUT2D eigenvalue weighted by atomic mass is 16.5. The molecule has 15 heteroatoms. The van der Waals surface area contributed by atoms with Crippen LogP contribution in [0.2, 0.25) is 0 Å². The molecular weight excluding hydrogens is 682 g/mol. The van der Waals surface area contributed by atoms with Crippen LogP contribution < -0.4 is 32.3 Å². The topological polar surface area (TPSA) is 221 Å². The number of nitrogens with two attached hydrogens (primary N) is 1. The summed E-state index contributed by atoms with van der Waals surface area (Å²) in [4.78, 5) is 82.8. The standard InChI is InChI=1S/C38H53N7O8/c1-22(2)31-36(51)42-28(19-39)33(48)40-15-16-53-21-30(47)43-32(38(3,4)5)37(52)45-20-26(46)18-29(45)35(50)41-27(34(49)44-31)17-23-11-13-25(14-12-23)24-9-7-6-8-10-24/h6-14,22,26-29,31-32,46H,15-21,39H2,1-5H3,(H,40,48)(H,41,50)(H,42,51)(H,43,47)(H,44,49)/t26-,27-,28-,29+,31-,32-/m1/s1. The first-order valence-corrected chi connectivity index (χ1v) is 18.0. The van der Waals surface area contributed by atoms with Gasteiger partial charge >= 0.3 is 0 Å². The number of hydrogen-bond acceptors (Lipinski definition) is 9. The highest BCUT2D eigenvalue weighted by molar-refractivity contribution is 5.97. The van der Waals surface area contributed by atoms with Gasteiger partial charge in [0.25, 0.3) is 0 Å². The van der Waals surface area contributed by atoms with Gasteiger partial charge in [0, 0.05) is 32.5 Å². The summed E-state index contributed by atoms with van der Waals surface area (Å²) < 4.78 is 5.43. The van der Waals surface area contributed by atoms with Crippen molar-refractivity contribution in [1.29, 1.82) is 0 Å². The van der Waals surface area contributed by atoms with E-state index < -0.39 is 89.7 Å². The van der Waals surface area contributed by atoms with Crippen LogP contribution in [0.1, 0.15) is 46.6 Å². The van der Waals surface area contributed by atoms with Crippen molar-refractivity contribution in [1.82, 2.24) is 31.5 Å². The van der Waals surface area contributed by atoms with E-state index in [1.165, 1.54) is 4.90 Å². The molecule has 0 radical (unpaired) electrons. The number of aliphatic hydroxyl groups excluding tert-OH is 1. The number of ether oxygens (including phenoxy) is 1. The highest BCUT2D eigenvalue weighted by Crippen LogP contribution is 2.27. The third kappa shape index (κ3) is 11.1. The van der Waals surface area contributed by atoms with Crippen LogP contribution in [-0.2, 0) is 39.9 Å². The lowest BCUT2D eigenvalue weighted by molar-refractivity contribution is -0.145. The molecule has 0 spiro atoms. The summed E-state index contributed by atoms with van der Waals surface area (Å²) in [6, 6.07) is 11.5. The molecule has 8 N–H and O–H groups in total. The summed E-state index contributed by atoms with van der Waals surface area (Å²) in [7, 11) is 0. The summed E-state index contributed by atoms with van der Waals surface area (Å²) in [5.41, 5.74) is 7.68. The number of carbonyl (C=O) groups is 6. The largest absolute Gasteiger partial charge is 0.391 e. The number of benzene rings is 2. The van der Waals surface area contributed by atoms with Crippen LogP contribution in [0.5, 0.6) is 0 Å². The van der Waals surface area contributed by atoms with Crippen LogP contribution in [-0.4, -0.2) is 115 Å². The molecular formula is C38H53N7O8. The molecule has 2 saturated heterocycles. The number of hydrogen-bond donors (Lipinski definition) is 7. The van der Waals surface area contributed by atoms with Crippen LogP contribution in [0.25, 0.3) is 11.1 Å². The molecule has 0 aromatic heterocycles. The minimum absolute atomic E-state index is 0.000403. The van der Waals surface area contributed by atoms with Crippen molar-refractivity contribution in [3.8, 4) is 11.1 Å². The molecule has 4 rings (SSSR count). The van der Waals surface area contributed by atoms with Gasteiger partial charge in [-0.15, -0.1) is 0 Å². The van der Waals surface area contributed by atoms with E-state index in [0.29, 0.717) is 5.56 Å². The smallest absolute Gasteiger partial charge is 0.246 e. The molecule has 0 unspecified atom stereocenters. The monoisotopic (exact) mass is 735 g/mol. The molecule has 0 aliphatic carbocycles. The normalized spacial score (nSPS) is 26.1. The summed E-state index contributed by atoms with van der Waals surface area (Å²) in [5, 5.41) is 24.2. The Labute approximate surface area is 310 Å². The molecule has 2 aliphatic heterocycles. The van der Waals surface area contributed by atoms with Crippen LogP contribution in [0.4, 0.5) is 0 Å². The quantitative estimate of drug-likeness (QED) is 0.212. The van der Waals surface area contributed by atoms with E-state index in [-0.39, 0.29) is 39.1 Å². The molecule has 0 bridgehead atoms. The number of nitrogens with one attached hydrogen (secondary N) is 5. The minimum atomic E-state index is -1.22. The maximum absolute atomic E-state index is 14.1. The van der Waals surface area contributed by atoms with E-state index in [1.807, 2.05) is 54.6 Å². The van der Waals surface area contributed by atoms with Gasteiger partial charge in [-0.1, -0.05) is 89.2 Å². The summed E-state index contributed by atoms with van der Waals surface area (Å²) >= 11 is 0. The maximum atomic E-state index is 14.1. The van der Waals surface area contributed by atoms with E-state index in [2.05, 4.69) is 26.6 Å². The first kappa shape index (κ1) is 40.9. The average molecular weight is 736 g/mol. The van der Waals surface area contributed by atoms with Gasteiger partial charge in [0.1, 0.15) is 36.8 Å². The van der Waals surface area contributed by atoms with Gasteiger partial charge in [-0.25, -0.2) is 0 Å². The lowest BCUT2D eigenvalue weighted by Gasteiger charge is -2.35. The van der Waals surface area contributed by atoms with E-state index in [1.54, 1.807) is 34.6 Å². The molecule has 2 aliphatic rings. The second kappa shape index (κ2) is 18.3. The Hall–Kier alpha value is -4.86. The molecule has 6 atom stereocenters. The fourth-order valence-electron chi connectivity index (χ4n) is 6.32. The third-order valence-corrected chi connectivity index (χ3v) is 9.31. The zero-order chi connectivity index (χ0) is 38.9. The van der Waals surface area contributed by atoms with Crippen molar-refractivity contribution in [3.05, 3.63) is 60.2 Å². The van der Waals surface area contributed by atoms with Crippen molar-refractivity contribution in [2.24, 2.45) is 17.1 Å². The molecule has 2 heterocycles. The molecule has 6 amide bonds. The van der Waals surface area contributed by atoms with E-state index in [9.17, 15) is 33.9 Å². The van der Waals surface area contributed by atoms with Crippen molar-refractivity contribution in [2.75, 3.05) is 32.8 Å². The molecule has 15 nitrogen and oxygen atoms in total. The Morgan fingerprint density at radius 3 is 2.09 bits per heavy atom. The van der Waals surface area contributed by atoms with Gasteiger partial charge in [0.2, 0.25) is 35.4 Å². The Bertz CT molecular complexity index is 1610. The van der Waals surface area contributed by atoms with Crippen molar-refractivity contribution in [2.45, 2.75) is 83.8 Å². The van der Waals surface area contributed by atoms with E-state index >= 15 is 0 Å². The Morgan fingerprint density at radius 2 is 1.47 bits per heavy atom. The number of nitrogens with zero attached hydrogens (tertiary/aromatic N) is 1. The number of aliphatic hydroxyl groups is 1. The van der Waals surface area contributed by atoms with Crippen molar-refractivity contribution in [3.63, 3.8) is 0 Å². The van der Waals surface area contributed by atoms with Gasteiger partial charge in [-0.3, -0.25) is 28.8 Å².